The Morgan fingerprint density at radius 3 is 2.61 bits per heavy atom. The molecule has 0 aliphatic carbocycles. The first kappa shape index (κ1) is 14.4. The Morgan fingerprint density at radius 2 is 2.06 bits per heavy atom. The summed E-state index contributed by atoms with van der Waals surface area (Å²) in [7, 11) is 0. The predicted molar refractivity (Wildman–Crippen MR) is 66.1 cm³/mol. The molecule has 0 saturated carbocycles. The van der Waals surface area contributed by atoms with Gasteiger partial charge in [-0.15, -0.1) is 0 Å². The molecule has 1 rings (SSSR count). The van der Waals surface area contributed by atoms with Crippen molar-refractivity contribution in [2.24, 2.45) is 5.92 Å². The average molecular weight is 274 g/mol. The van der Waals surface area contributed by atoms with Crippen LogP contribution in [0, 0.1) is 11.7 Å². The van der Waals surface area contributed by atoms with Gasteiger partial charge in [-0.3, -0.25) is 9.59 Å². The summed E-state index contributed by atoms with van der Waals surface area (Å²) in [4.78, 5) is 22.0. The normalized spacial score (nSPS) is 11.9. The summed E-state index contributed by atoms with van der Waals surface area (Å²) in [5, 5.41) is 11.2. The van der Waals surface area contributed by atoms with Crippen molar-refractivity contribution in [3.05, 3.63) is 29.0 Å². The van der Waals surface area contributed by atoms with E-state index in [0.29, 0.717) is 0 Å². The lowest BCUT2D eigenvalue weighted by atomic mass is 10.0. The maximum absolute atomic E-state index is 13.0. The topological polar surface area (TPSA) is 66.4 Å². The fourth-order valence-electron chi connectivity index (χ4n) is 1.52. The number of amides is 1. The van der Waals surface area contributed by atoms with Crippen LogP contribution in [0.2, 0.25) is 5.02 Å². The van der Waals surface area contributed by atoms with Gasteiger partial charge in [0.05, 0.1) is 0 Å². The number of nitrogens with one attached hydrogen (secondary N) is 1. The van der Waals surface area contributed by atoms with Gasteiger partial charge in [-0.1, -0.05) is 18.5 Å². The highest BCUT2D eigenvalue weighted by Gasteiger charge is 2.13. The fourth-order valence-corrected chi connectivity index (χ4v) is 1.75. The van der Waals surface area contributed by atoms with E-state index in [4.69, 9.17) is 16.7 Å². The molecule has 1 aromatic rings. The molecule has 6 heteroatoms. The summed E-state index contributed by atoms with van der Waals surface area (Å²) in [6, 6.07) is 3.69. The molecule has 0 aliphatic rings. The molecule has 1 amide bonds. The van der Waals surface area contributed by atoms with Gasteiger partial charge < -0.3 is 10.4 Å². The molecule has 1 unspecified atom stereocenters. The molecule has 0 heterocycles. The van der Waals surface area contributed by atoms with Crippen LogP contribution in [0.25, 0.3) is 0 Å². The highest BCUT2D eigenvalue weighted by atomic mass is 35.5. The zero-order valence-corrected chi connectivity index (χ0v) is 10.5. The van der Waals surface area contributed by atoms with E-state index >= 15 is 0 Å². The Hall–Kier alpha value is -1.62. The molecule has 1 atom stereocenters. The number of hydrogen-bond acceptors (Lipinski definition) is 2. The lowest BCUT2D eigenvalue weighted by molar-refractivity contribution is -0.138. The van der Waals surface area contributed by atoms with Crippen LogP contribution >= 0.6 is 11.6 Å². The molecule has 4 nitrogen and oxygen atoms in total. The van der Waals surface area contributed by atoms with E-state index in [9.17, 15) is 14.0 Å². The van der Waals surface area contributed by atoms with Gasteiger partial charge in [0.15, 0.2) is 0 Å². The van der Waals surface area contributed by atoms with Crippen molar-refractivity contribution < 1.29 is 19.1 Å². The number of rotatable bonds is 5. The monoisotopic (exact) mass is 273 g/mol. The number of carbonyl (C=O) groups excluding carboxylic acids is 1. The largest absolute Gasteiger partial charge is 0.481 e. The first-order valence-electron chi connectivity index (χ1n) is 5.34. The van der Waals surface area contributed by atoms with E-state index in [1.165, 1.54) is 6.07 Å². The van der Waals surface area contributed by atoms with Crippen LogP contribution < -0.4 is 5.32 Å². The lowest BCUT2D eigenvalue weighted by Crippen LogP contribution is -2.17. The summed E-state index contributed by atoms with van der Waals surface area (Å²) >= 11 is 5.64. The smallest absolute Gasteiger partial charge is 0.303 e. The van der Waals surface area contributed by atoms with Crippen LogP contribution in [0.15, 0.2) is 18.2 Å². The van der Waals surface area contributed by atoms with Crippen molar-refractivity contribution in [3.63, 3.8) is 0 Å². The second kappa shape index (κ2) is 6.35. The molecular formula is C12H13ClFNO3. The van der Waals surface area contributed by atoms with E-state index in [0.717, 1.165) is 12.1 Å². The van der Waals surface area contributed by atoms with Crippen molar-refractivity contribution in [1.29, 1.82) is 0 Å². The van der Waals surface area contributed by atoms with Crippen LogP contribution in [0.4, 0.5) is 10.1 Å². The van der Waals surface area contributed by atoms with Crippen molar-refractivity contribution in [3.8, 4) is 0 Å². The first-order valence-corrected chi connectivity index (χ1v) is 5.72. The average Bonchev–Trinajstić information content (AvgIpc) is 2.12. The third-order valence-electron chi connectivity index (χ3n) is 2.20. The highest BCUT2D eigenvalue weighted by Crippen LogP contribution is 2.19. The maximum atomic E-state index is 13.0. The molecule has 0 spiro atoms. The minimum atomic E-state index is -0.955. The number of anilines is 1. The number of hydrogen-bond donors (Lipinski definition) is 2. The van der Waals surface area contributed by atoms with E-state index in [-0.39, 0.29) is 35.4 Å². The first-order chi connectivity index (χ1) is 8.36. The van der Waals surface area contributed by atoms with Gasteiger partial charge in [0.1, 0.15) is 5.82 Å². The Kier molecular flexibility index (Phi) is 5.09. The molecular weight excluding hydrogens is 261 g/mol. The number of carboxylic acids is 1. The fraction of sp³-hybridized carbons (Fsp3) is 0.333. The minimum absolute atomic E-state index is 0.0560. The van der Waals surface area contributed by atoms with Gasteiger partial charge in [-0.2, -0.15) is 0 Å². The molecule has 18 heavy (non-hydrogen) atoms. The number of halogens is 2. The summed E-state index contributed by atoms with van der Waals surface area (Å²) in [5.41, 5.74) is 0.257. The number of aliphatic carboxylic acids is 1. The Morgan fingerprint density at radius 1 is 1.39 bits per heavy atom. The van der Waals surface area contributed by atoms with Crippen LogP contribution in [0.5, 0.6) is 0 Å². The Labute approximate surface area is 109 Å². The van der Waals surface area contributed by atoms with Crippen molar-refractivity contribution in [1.82, 2.24) is 0 Å². The Balaban J connectivity index is 2.56. The van der Waals surface area contributed by atoms with Crippen LogP contribution in [0.1, 0.15) is 19.8 Å². The number of carboxylic acid groups (broad SMARTS) is 1. The van der Waals surface area contributed by atoms with Crippen LogP contribution in [-0.4, -0.2) is 17.0 Å². The highest BCUT2D eigenvalue weighted by molar-refractivity contribution is 6.30. The Bertz CT molecular complexity index is 444. The van der Waals surface area contributed by atoms with Gasteiger partial charge in [0, 0.05) is 23.6 Å². The van der Waals surface area contributed by atoms with E-state index in [1.807, 2.05) is 0 Å². The van der Waals surface area contributed by atoms with Gasteiger partial charge in [-0.25, -0.2) is 4.39 Å². The summed E-state index contributed by atoms with van der Waals surface area (Å²) in [5.74, 6) is -2.16. The molecule has 1 aromatic carbocycles. The third-order valence-corrected chi connectivity index (χ3v) is 2.42. The third kappa shape index (κ3) is 5.14. The summed E-state index contributed by atoms with van der Waals surface area (Å²) < 4.78 is 13.0. The van der Waals surface area contributed by atoms with Crippen molar-refractivity contribution in [2.75, 3.05) is 5.32 Å². The lowest BCUT2D eigenvalue weighted by Gasteiger charge is -2.09. The van der Waals surface area contributed by atoms with Gasteiger partial charge >= 0.3 is 5.97 Å². The molecule has 0 bridgehead atoms. The standard InChI is InChI=1S/C12H13ClFNO3/c1-7(3-12(17)18)2-11(16)15-10-5-8(13)4-9(14)6-10/h4-7H,2-3H2,1H3,(H,15,16)(H,17,18). The maximum Gasteiger partial charge on any atom is 0.303 e. The summed E-state index contributed by atoms with van der Waals surface area (Å²) in [6.07, 6.45) is -0.0300. The van der Waals surface area contributed by atoms with Gasteiger partial charge in [-0.05, 0) is 24.1 Å². The molecule has 0 saturated heterocycles. The van der Waals surface area contributed by atoms with E-state index in [1.54, 1.807) is 6.92 Å². The second-order valence-electron chi connectivity index (χ2n) is 4.11. The molecule has 0 fully saturated rings. The second-order valence-corrected chi connectivity index (χ2v) is 4.55. The quantitative estimate of drug-likeness (QED) is 0.867. The minimum Gasteiger partial charge on any atom is -0.481 e. The zero-order chi connectivity index (χ0) is 13.7. The SMILES string of the molecule is CC(CC(=O)O)CC(=O)Nc1cc(F)cc(Cl)c1. The van der Waals surface area contributed by atoms with E-state index < -0.39 is 11.8 Å². The molecule has 0 aliphatic heterocycles. The molecule has 98 valence electrons. The van der Waals surface area contributed by atoms with E-state index in [2.05, 4.69) is 5.32 Å². The molecule has 0 radical (unpaired) electrons. The van der Waals surface area contributed by atoms with Crippen LogP contribution in [-0.2, 0) is 9.59 Å². The number of benzene rings is 1. The van der Waals surface area contributed by atoms with Crippen LogP contribution in [0.3, 0.4) is 0 Å². The number of carbonyl (C=O) groups is 2. The van der Waals surface area contributed by atoms with Crippen molar-refractivity contribution in [2.45, 2.75) is 19.8 Å². The van der Waals surface area contributed by atoms with Crippen molar-refractivity contribution >= 4 is 29.2 Å². The molecule has 0 aromatic heterocycles. The van der Waals surface area contributed by atoms with Gasteiger partial charge in [0.25, 0.3) is 0 Å². The molecule has 2 N–H and O–H groups in total. The zero-order valence-electron chi connectivity index (χ0n) is 9.74. The van der Waals surface area contributed by atoms with Gasteiger partial charge in [0.2, 0.25) is 5.91 Å². The predicted octanol–water partition coefficient (Wildman–Crippen LogP) is 2.92. The summed E-state index contributed by atoms with van der Waals surface area (Å²) in [6.45, 7) is 1.66.